The lowest BCUT2D eigenvalue weighted by molar-refractivity contribution is -0.123. The van der Waals surface area contributed by atoms with Crippen LogP contribution in [0.4, 0.5) is 0 Å². The fourth-order valence-corrected chi connectivity index (χ4v) is 0.915. The summed E-state index contributed by atoms with van der Waals surface area (Å²) in [5.74, 6) is 0. The second-order valence-corrected chi connectivity index (χ2v) is 3.98. The van der Waals surface area contributed by atoms with Crippen molar-refractivity contribution >= 4 is 0 Å². The van der Waals surface area contributed by atoms with Gasteiger partial charge < -0.3 is 51.1 Å². The van der Waals surface area contributed by atoms with Gasteiger partial charge in [0.2, 0.25) is 0 Å². The van der Waals surface area contributed by atoms with Crippen molar-refractivity contribution in [3.8, 4) is 0 Å². The molecule has 0 fully saturated rings. The Balaban J connectivity index is 0. The molecule has 0 unspecified atom stereocenters. The molecule has 10 nitrogen and oxygen atoms in total. The van der Waals surface area contributed by atoms with Crippen LogP contribution in [0.1, 0.15) is 0 Å². The number of hydrogen-bond donors (Lipinski definition) is 10. The predicted molar refractivity (Wildman–Crippen MR) is 64.4 cm³/mol. The normalized spacial score (nSPS) is 20.1. The van der Waals surface area contributed by atoms with Gasteiger partial charge in [-0.05, 0) is 0 Å². The van der Waals surface area contributed by atoms with E-state index in [0.717, 1.165) is 0 Å². The van der Waals surface area contributed by atoms with Gasteiger partial charge in [0, 0.05) is 0 Å². The zero-order valence-corrected chi connectivity index (χ0v) is 10.8. The highest BCUT2D eigenvalue weighted by molar-refractivity contribution is 4.79. The Labute approximate surface area is 115 Å². The first-order chi connectivity index (χ1) is 9.26. The van der Waals surface area contributed by atoms with Crippen LogP contribution < -0.4 is 0 Å². The zero-order chi connectivity index (χ0) is 16.3. The third kappa shape index (κ3) is 8.71. The van der Waals surface area contributed by atoms with Gasteiger partial charge in [-0.15, -0.1) is 0 Å². The lowest BCUT2D eigenvalue weighted by Crippen LogP contribution is -2.46. The Hall–Kier alpha value is -0.400. The van der Waals surface area contributed by atoms with Crippen molar-refractivity contribution in [2.24, 2.45) is 0 Å². The van der Waals surface area contributed by atoms with E-state index in [4.69, 9.17) is 51.1 Å². The maximum atomic E-state index is 8.96. The SMILES string of the molecule is OC[C@@H](O)[C@@H](O)CO.OC[C@@H](O)[C@@H](O)[C@H](O)[C@@H](O)CO. The predicted octanol–water partition coefficient (Wildman–Crippen LogP) is -5.89. The van der Waals surface area contributed by atoms with Gasteiger partial charge in [-0.25, -0.2) is 0 Å². The third-order valence-electron chi connectivity index (χ3n) is 2.33. The summed E-state index contributed by atoms with van der Waals surface area (Å²) in [5.41, 5.74) is 0. The van der Waals surface area contributed by atoms with E-state index in [1.807, 2.05) is 0 Å². The van der Waals surface area contributed by atoms with E-state index in [0.29, 0.717) is 0 Å². The van der Waals surface area contributed by atoms with E-state index in [-0.39, 0.29) is 0 Å². The van der Waals surface area contributed by atoms with Gasteiger partial charge in [0.1, 0.15) is 36.6 Å². The minimum atomic E-state index is -1.67. The lowest BCUT2D eigenvalue weighted by atomic mass is 10.0. The van der Waals surface area contributed by atoms with Gasteiger partial charge >= 0.3 is 0 Å². The monoisotopic (exact) mass is 304 g/mol. The van der Waals surface area contributed by atoms with Gasteiger partial charge in [-0.1, -0.05) is 0 Å². The topological polar surface area (TPSA) is 202 Å². The van der Waals surface area contributed by atoms with Crippen LogP contribution in [0.2, 0.25) is 0 Å². The highest BCUT2D eigenvalue weighted by atomic mass is 16.4. The maximum Gasteiger partial charge on any atom is 0.111 e. The van der Waals surface area contributed by atoms with Gasteiger partial charge in [0.25, 0.3) is 0 Å². The van der Waals surface area contributed by atoms with Crippen molar-refractivity contribution in [2.45, 2.75) is 36.6 Å². The quantitative estimate of drug-likeness (QED) is 0.206. The van der Waals surface area contributed by atoms with Gasteiger partial charge in [0.15, 0.2) is 0 Å². The van der Waals surface area contributed by atoms with E-state index < -0.39 is 63.1 Å². The summed E-state index contributed by atoms with van der Waals surface area (Å²) in [5, 5.41) is 85.3. The van der Waals surface area contributed by atoms with Crippen LogP contribution in [-0.4, -0.2) is 114 Å². The summed E-state index contributed by atoms with van der Waals surface area (Å²) in [7, 11) is 0. The van der Waals surface area contributed by atoms with E-state index in [1.165, 1.54) is 0 Å². The molecule has 0 aliphatic carbocycles. The molecule has 0 aliphatic rings. The average Bonchev–Trinajstić information content (AvgIpc) is 2.50. The first kappa shape index (κ1) is 21.9. The van der Waals surface area contributed by atoms with Crippen molar-refractivity contribution < 1.29 is 51.1 Å². The molecule has 0 aromatic heterocycles. The summed E-state index contributed by atoms with van der Waals surface area (Å²) in [6.07, 6.45) is -8.84. The third-order valence-corrected chi connectivity index (χ3v) is 2.33. The number of hydrogen-bond acceptors (Lipinski definition) is 10. The molecule has 0 saturated heterocycles. The molecule has 124 valence electrons. The molecule has 20 heavy (non-hydrogen) atoms. The molecule has 0 heterocycles. The Morgan fingerprint density at radius 3 is 0.750 bits per heavy atom. The summed E-state index contributed by atoms with van der Waals surface area (Å²) in [6, 6.07) is 0. The van der Waals surface area contributed by atoms with Crippen molar-refractivity contribution in [1.29, 1.82) is 0 Å². The molecule has 10 heteroatoms. The van der Waals surface area contributed by atoms with Crippen LogP contribution in [0, 0.1) is 0 Å². The number of aliphatic hydroxyl groups is 10. The highest BCUT2D eigenvalue weighted by Crippen LogP contribution is 2.04. The molecule has 0 rings (SSSR count). The fourth-order valence-electron chi connectivity index (χ4n) is 0.915. The van der Waals surface area contributed by atoms with Crippen LogP contribution in [0.5, 0.6) is 0 Å². The molecule has 0 aliphatic heterocycles. The van der Waals surface area contributed by atoms with Crippen LogP contribution in [-0.2, 0) is 0 Å². The zero-order valence-electron chi connectivity index (χ0n) is 10.8. The molecule has 0 saturated carbocycles. The van der Waals surface area contributed by atoms with E-state index in [9.17, 15) is 0 Å². The van der Waals surface area contributed by atoms with Crippen LogP contribution in [0.3, 0.4) is 0 Å². The summed E-state index contributed by atoms with van der Waals surface area (Å²) >= 11 is 0. The highest BCUT2D eigenvalue weighted by Gasteiger charge is 2.29. The minimum Gasteiger partial charge on any atom is -0.394 e. The van der Waals surface area contributed by atoms with E-state index in [1.54, 1.807) is 0 Å². The second kappa shape index (κ2) is 12.3. The Morgan fingerprint density at radius 2 is 0.600 bits per heavy atom. The Morgan fingerprint density at radius 1 is 0.400 bits per heavy atom. The van der Waals surface area contributed by atoms with E-state index >= 15 is 0 Å². The summed E-state index contributed by atoms with van der Waals surface area (Å²) in [6.45, 7) is -2.50. The Bertz CT molecular complexity index is 194. The van der Waals surface area contributed by atoms with Crippen LogP contribution in [0.25, 0.3) is 0 Å². The molecule has 0 radical (unpaired) electrons. The van der Waals surface area contributed by atoms with E-state index in [2.05, 4.69) is 0 Å². The molecule has 0 aromatic carbocycles. The first-order valence-corrected chi connectivity index (χ1v) is 5.78. The first-order valence-electron chi connectivity index (χ1n) is 5.78. The standard InChI is InChI=1S/C6H14O6.C4H10O4/c7-1-3(9)5(11)6(12)4(10)2-8;5-1-3(7)4(8)2-6/h3-12H,1-2H2;3-8H,1-2H2/t3-,4+,5-,6-;3-,4+/m1./s1. The van der Waals surface area contributed by atoms with Crippen molar-refractivity contribution in [3.05, 3.63) is 0 Å². The number of rotatable bonds is 8. The smallest absolute Gasteiger partial charge is 0.111 e. The molecular weight excluding hydrogens is 280 g/mol. The molecule has 0 aromatic rings. The number of aliphatic hydroxyl groups excluding tert-OH is 10. The average molecular weight is 304 g/mol. The molecule has 6 atom stereocenters. The second-order valence-electron chi connectivity index (χ2n) is 3.98. The van der Waals surface area contributed by atoms with Gasteiger partial charge in [-0.3, -0.25) is 0 Å². The lowest BCUT2D eigenvalue weighted by Gasteiger charge is -2.24. The van der Waals surface area contributed by atoms with Crippen molar-refractivity contribution in [3.63, 3.8) is 0 Å². The van der Waals surface area contributed by atoms with Crippen LogP contribution in [0.15, 0.2) is 0 Å². The maximum absolute atomic E-state index is 8.96. The summed E-state index contributed by atoms with van der Waals surface area (Å²) < 4.78 is 0. The minimum absolute atomic E-state index is 0.526. The molecule has 0 spiro atoms. The van der Waals surface area contributed by atoms with Gasteiger partial charge in [-0.2, -0.15) is 0 Å². The van der Waals surface area contributed by atoms with Gasteiger partial charge in [0.05, 0.1) is 26.4 Å². The fraction of sp³-hybridized carbons (Fsp3) is 1.00. The molecular formula is C10H24O10. The van der Waals surface area contributed by atoms with Crippen molar-refractivity contribution in [1.82, 2.24) is 0 Å². The van der Waals surface area contributed by atoms with Crippen LogP contribution >= 0.6 is 0 Å². The molecule has 0 amide bonds. The molecule has 0 bridgehead atoms. The summed E-state index contributed by atoms with van der Waals surface area (Å²) in [4.78, 5) is 0. The largest absolute Gasteiger partial charge is 0.394 e. The molecule has 10 N–H and O–H groups in total. The van der Waals surface area contributed by atoms with Crippen molar-refractivity contribution in [2.75, 3.05) is 26.4 Å². The Kier molecular flexibility index (Phi) is 13.5.